The number of anilines is 2. The summed E-state index contributed by atoms with van der Waals surface area (Å²) in [6.07, 6.45) is 4.94. The SMILES string of the molecule is CNC1CCc2cc(OC)c(OC)c(OC)c2-c2ccc(NCCCN3CCCc4ccccc43)c(=O)cc21. The number of benzene rings is 2. The highest BCUT2D eigenvalue weighted by Crippen LogP contribution is 2.50. The Morgan fingerprint density at radius 2 is 1.77 bits per heavy atom. The van der Waals surface area contributed by atoms with Crippen molar-refractivity contribution in [2.45, 2.75) is 38.1 Å². The summed E-state index contributed by atoms with van der Waals surface area (Å²) < 4.78 is 17.2. The summed E-state index contributed by atoms with van der Waals surface area (Å²) in [4.78, 5) is 15.9. The first-order valence-electron chi connectivity index (χ1n) is 13.8. The predicted molar refractivity (Wildman–Crippen MR) is 158 cm³/mol. The minimum absolute atomic E-state index is 0.0114. The first-order valence-corrected chi connectivity index (χ1v) is 13.8. The van der Waals surface area contributed by atoms with E-state index in [2.05, 4.69) is 39.8 Å². The van der Waals surface area contributed by atoms with Gasteiger partial charge in [-0.15, -0.1) is 0 Å². The molecule has 0 radical (unpaired) electrons. The Hall–Kier alpha value is -3.71. The zero-order valence-electron chi connectivity index (χ0n) is 23.4. The second kappa shape index (κ2) is 12.0. The summed E-state index contributed by atoms with van der Waals surface area (Å²) in [5.41, 5.74) is 7.37. The second-order valence-electron chi connectivity index (χ2n) is 10.2. The topological polar surface area (TPSA) is 72.1 Å². The molecule has 3 aromatic carbocycles. The van der Waals surface area contributed by atoms with E-state index in [-0.39, 0.29) is 11.5 Å². The minimum Gasteiger partial charge on any atom is -0.493 e. The van der Waals surface area contributed by atoms with Gasteiger partial charge >= 0.3 is 0 Å². The van der Waals surface area contributed by atoms with Crippen molar-refractivity contribution < 1.29 is 14.2 Å². The van der Waals surface area contributed by atoms with Gasteiger partial charge in [-0.2, -0.15) is 0 Å². The number of rotatable bonds is 9. The lowest BCUT2D eigenvalue weighted by atomic mass is 9.95. The van der Waals surface area contributed by atoms with Crippen molar-refractivity contribution in [1.82, 2.24) is 5.32 Å². The molecule has 1 aliphatic carbocycles. The van der Waals surface area contributed by atoms with Gasteiger partial charge in [0.1, 0.15) is 0 Å². The molecule has 3 aromatic rings. The Morgan fingerprint density at radius 1 is 0.949 bits per heavy atom. The molecular formula is C32H39N3O4. The first-order chi connectivity index (χ1) is 19.1. The molecule has 0 saturated carbocycles. The van der Waals surface area contributed by atoms with Gasteiger partial charge in [0.15, 0.2) is 11.5 Å². The average Bonchev–Trinajstić information content (AvgIpc) is 3.22. The smallest absolute Gasteiger partial charge is 0.203 e. The number of para-hydroxylation sites is 1. The molecule has 0 fully saturated rings. The Kier molecular flexibility index (Phi) is 8.27. The predicted octanol–water partition coefficient (Wildman–Crippen LogP) is 5.20. The van der Waals surface area contributed by atoms with Crippen molar-refractivity contribution in [3.8, 4) is 28.4 Å². The van der Waals surface area contributed by atoms with E-state index in [9.17, 15) is 4.79 Å². The van der Waals surface area contributed by atoms with Crippen LogP contribution in [0.4, 0.5) is 11.4 Å². The second-order valence-corrected chi connectivity index (χ2v) is 10.2. The molecule has 5 rings (SSSR count). The molecule has 1 aliphatic heterocycles. The highest BCUT2D eigenvalue weighted by molar-refractivity contribution is 5.83. The number of hydrogen-bond donors (Lipinski definition) is 2. The molecule has 0 bridgehead atoms. The number of fused-ring (bicyclic) bond motifs is 4. The third kappa shape index (κ3) is 5.28. The quantitative estimate of drug-likeness (QED) is 0.369. The van der Waals surface area contributed by atoms with Crippen LogP contribution in [0.5, 0.6) is 17.2 Å². The van der Waals surface area contributed by atoms with E-state index in [1.54, 1.807) is 27.4 Å². The highest BCUT2D eigenvalue weighted by atomic mass is 16.5. The van der Waals surface area contributed by atoms with E-state index < -0.39 is 0 Å². The number of aryl methyl sites for hydroxylation is 2. The van der Waals surface area contributed by atoms with E-state index in [0.29, 0.717) is 22.9 Å². The van der Waals surface area contributed by atoms with Gasteiger partial charge in [-0.05, 0) is 85.7 Å². The van der Waals surface area contributed by atoms with Gasteiger partial charge in [-0.1, -0.05) is 24.3 Å². The molecule has 1 atom stereocenters. The van der Waals surface area contributed by atoms with Crippen LogP contribution in [-0.2, 0) is 12.8 Å². The van der Waals surface area contributed by atoms with Crippen LogP contribution in [0.2, 0.25) is 0 Å². The fourth-order valence-corrected chi connectivity index (χ4v) is 6.10. The van der Waals surface area contributed by atoms with Crippen LogP contribution in [0.1, 0.15) is 42.0 Å². The van der Waals surface area contributed by atoms with E-state index in [1.165, 1.54) is 17.7 Å². The van der Waals surface area contributed by atoms with Crippen molar-refractivity contribution in [3.05, 3.63) is 75.4 Å². The van der Waals surface area contributed by atoms with Crippen molar-refractivity contribution in [2.24, 2.45) is 0 Å². The molecule has 0 spiro atoms. The van der Waals surface area contributed by atoms with Gasteiger partial charge in [0.25, 0.3) is 0 Å². The zero-order chi connectivity index (χ0) is 27.4. The highest BCUT2D eigenvalue weighted by Gasteiger charge is 2.28. The van der Waals surface area contributed by atoms with Crippen molar-refractivity contribution in [3.63, 3.8) is 0 Å². The maximum absolute atomic E-state index is 13.4. The Morgan fingerprint density at radius 3 is 2.54 bits per heavy atom. The maximum atomic E-state index is 13.4. The van der Waals surface area contributed by atoms with E-state index in [4.69, 9.17) is 14.2 Å². The molecule has 2 aliphatic rings. The van der Waals surface area contributed by atoms with Crippen LogP contribution in [0.25, 0.3) is 11.1 Å². The summed E-state index contributed by atoms with van der Waals surface area (Å²) in [7, 11) is 6.84. The monoisotopic (exact) mass is 529 g/mol. The normalized spacial score (nSPS) is 15.9. The molecule has 39 heavy (non-hydrogen) atoms. The van der Waals surface area contributed by atoms with Gasteiger partial charge in [-0.3, -0.25) is 4.79 Å². The van der Waals surface area contributed by atoms with Crippen LogP contribution in [0, 0.1) is 0 Å². The Bertz CT molecular complexity index is 1390. The van der Waals surface area contributed by atoms with Crippen LogP contribution in [0.3, 0.4) is 0 Å². The Labute approximate surface area is 231 Å². The van der Waals surface area contributed by atoms with Gasteiger partial charge in [0, 0.05) is 36.9 Å². The third-order valence-corrected chi connectivity index (χ3v) is 8.01. The number of methoxy groups -OCH3 is 3. The molecule has 1 unspecified atom stereocenters. The van der Waals surface area contributed by atoms with E-state index in [1.807, 2.05) is 25.2 Å². The largest absolute Gasteiger partial charge is 0.493 e. The lowest BCUT2D eigenvalue weighted by molar-refractivity contribution is 0.324. The summed E-state index contributed by atoms with van der Waals surface area (Å²) in [6.45, 7) is 2.77. The first kappa shape index (κ1) is 26.9. The fourth-order valence-electron chi connectivity index (χ4n) is 6.10. The lowest BCUT2D eigenvalue weighted by Gasteiger charge is -2.31. The molecule has 2 N–H and O–H groups in total. The summed E-state index contributed by atoms with van der Waals surface area (Å²) in [5.74, 6) is 1.82. The lowest BCUT2D eigenvalue weighted by Crippen LogP contribution is -2.31. The maximum Gasteiger partial charge on any atom is 0.203 e. The molecule has 0 saturated heterocycles. The van der Waals surface area contributed by atoms with Crippen molar-refractivity contribution in [1.29, 1.82) is 0 Å². The molecule has 206 valence electrons. The van der Waals surface area contributed by atoms with Gasteiger partial charge in [0.05, 0.1) is 27.0 Å². The molecule has 0 aromatic heterocycles. The van der Waals surface area contributed by atoms with Gasteiger partial charge in [0.2, 0.25) is 11.2 Å². The van der Waals surface area contributed by atoms with Crippen LogP contribution < -0.4 is 35.2 Å². The molecule has 7 nitrogen and oxygen atoms in total. The standard InChI is InChI=1S/C32H39N3O4/c1-33-25-14-12-22-19-29(37-2)31(38-3)32(39-4)30(22)23-13-15-26(28(36)20-24(23)25)34-16-8-18-35-17-7-10-21-9-5-6-11-27(21)35/h5-6,9,11,13,15,19-20,25,33H,7-8,10,12,14,16-18H2,1-4H3,(H,34,36). The third-order valence-electron chi connectivity index (χ3n) is 8.01. The minimum atomic E-state index is -0.0114. The van der Waals surface area contributed by atoms with Crippen LogP contribution >= 0.6 is 0 Å². The van der Waals surface area contributed by atoms with Crippen molar-refractivity contribution >= 4 is 11.4 Å². The van der Waals surface area contributed by atoms with Crippen molar-refractivity contribution in [2.75, 3.05) is 58.2 Å². The number of ether oxygens (including phenoxy) is 3. The fraction of sp³-hybridized carbons (Fsp3) is 0.406. The summed E-state index contributed by atoms with van der Waals surface area (Å²) >= 11 is 0. The molecule has 0 amide bonds. The number of nitrogens with zero attached hydrogens (tertiary/aromatic N) is 1. The average molecular weight is 530 g/mol. The van der Waals surface area contributed by atoms with Gasteiger partial charge in [-0.25, -0.2) is 0 Å². The van der Waals surface area contributed by atoms with E-state index >= 15 is 0 Å². The van der Waals surface area contributed by atoms with Gasteiger partial charge < -0.3 is 29.7 Å². The van der Waals surface area contributed by atoms with Crippen LogP contribution in [-0.4, -0.2) is 48.0 Å². The van der Waals surface area contributed by atoms with E-state index in [0.717, 1.165) is 67.6 Å². The van der Waals surface area contributed by atoms with Crippen LogP contribution in [0.15, 0.2) is 53.3 Å². The summed E-state index contributed by atoms with van der Waals surface area (Å²) in [5, 5.41) is 6.84. The molecule has 1 heterocycles. The number of nitrogens with one attached hydrogen (secondary N) is 2. The zero-order valence-corrected chi connectivity index (χ0v) is 23.4. The summed E-state index contributed by atoms with van der Waals surface area (Å²) in [6, 6.07) is 16.5. The molecular weight excluding hydrogens is 490 g/mol. The number of hydrogen-bond acceptors (Lipinski definition) is 7. The molecule has 7 heteroatoms. The Balaban J connectivity index is 1.43.